The zero-order valence-electron chi connectivity index (χ0n) is 23.9. The SMILES string of the molecule is CC1(C)C[C@@H]2N(c3ccc4c(n3)[C@](C)(N)CC4)c3nc(Nc4ccc(N5CCOCC5)cc4)ncc3[C@]2(C)CO1. The van der Waals surface area contributed by atoms with E-state index >= 15 is 0 Å². The van der Waals surface area contributed by atoms with Gasteiger partial charge in [0.2, 0.25) is 5.95 Å². The Morgan fingerprint density at radius 1 is 1.00 bits per heavy atom. The molecule has 0 saturated carbocycles. The summed E-state index contributed by atoms with van der Waals surface area (Å²) in [5.74, 6) is 2.35. The minimum absolute atomic E-state index is 0.139. The quantitative estimate of drug-likeness (QED) is 0.493. The van der Waals surface area contributed by atoms with Gasteiger partial charge in [-0.05, 0) is 75.9 Å². The van der Waals surface area contributed by atoms with Crippen molar-refractivity contribution in [3.63, 3.8) is 0 Å². The molecule has 0 spiro atoms. The van der Waals surface area contributed by atoms with Crippen molar-refractivity contribution in [2.24, 2.45) is 5.73 Å². The molecule has 9 nitrogen and oxygen atoms in total. The number of fused-ring (bicyclic) bond motifs is 4. The van der Waals surface area contributed by atoms with Crippen molar-refractivity contribution in [2.45, 2.75) is 69.6 Å². The third-order valence-corrected chi connectivity index (χ3v) is 9.27. The summed E-state index contributed by atoms with van der Waals surface area (Å²) >= 11 is 0. The van der Waals surface area contributed by atoms with Crippen molar-refractivity contribution in [1.82, 2.24) is 15.0 Å². The fourth-order valence-electron chi connectivity index (χ4n) is 6.79. The molecular formula is C31H39N7O2. The molecule has 1 aromatic carbocycles. The molecule has 210 valence electrons. The van der Waals surface area contributed by atoms with Crippen LogP contribution in [0.3, 0.4) is 0 Å². The van der Waals surface area contributed by atoms with E-state index in [1.807, 2.05) is 6.20 Å². The number of pyridine rings is 1. The highest BCUT2D eigenvalue weighted by Crippen LogP contribution is 2.53. The second kappa shape index (κ2) is 9.12. The number of hydrogen-bond donors (Lipinski definition) is 2. The number of anilines is 5. The van der Waals surface area contributed by atoms with Crippen LogP contribution >= 0.6 is 0 Å². The summed E-state index contributed by atoms with van der Waals surface area (Å²) < 4.78 is 11.9. The summed E-state index contributed by atoms with van der Waals surface area (Å²) in [5.41, 5.74) is 11.2. The third kappa shape index (κ3) is 4.22. The number of hydrogen-bond acceptors (Lipinski definition) is 9. The molecule has 2 saturated heterocycles. The van der Waals surface area contributed by atoms with Gasteiger partial charge in [-0.1, -0.05) is 13.0 Å². The van der Waals surface area contributed by atoms with Crippen LogP contribution in [0.2, 0.25) is 0 Å². The summed E-state index contributed by atoms with van der Waals surface area (Å²) in [6, 6.07) is 12.9. The Labute approximate surface area is 236 Å². The van der Waals surface area contributed by atoms with Gasteiger partial charge in [-0.15, -0.1) is 0 Å². The molecule has 1 aliphatic carbocycles. The van der Waals surface area contributed by atoms with Crippen LogP contribution in [-0.4, -0.2) is 59.5 Å². The monoisotopic (exact) mass is 541 g/mol. The van der Waals surface area contributed by atoms with E-state index in [4.69, 9.17) is 30.2 Å². The van der Waals surface area contributed by atoms with Crippen LogP contribution in [0.1, 0.15) is 57.4 Å². The number of ether oxygens (including phenoxy) is 2. The van der Waals surface area contributed by atoms with Gasteiger partial charge in [0, 0.05) is 41.6 Å². The van der Waals surface area contributed by atoms with Gasteiger partial charge in [-0.25, -0.2) is 9.97 Å². The van der Waals surface area contributed by atoms with Gasteiger partial charge in [-0.3, -0.25) is 0 Å². The molecule has 3 aromatic rings. The lowest BCUT2D eigenvalue weighted by atomic mass is 9.73. The Morgan fingerprint density at radius 3 is 2.55 bits per heavy atom. The minimum Gasteiger partial charge on any atom is -0.378 e. The molecule has 0 radical (unpaired) electrons. The van der Waals surface area contributed by atoms with Crippen molar-refractivity contribution in [2.75, 3.05) is 48.0 Å². The molecule has 7 rings (SSSR count). The molecule has 4 aliphatic rings. The number of nitrogens with one attached hydrogen (secondary N) is 1. The van der Waals surface area contributed by atoms with Crippen molar-refractivity contribution >= 4 is 29.0 Å². The second-order valence-corrected chi connectivity index (χ2v) is 12.9. The van der Waals surface area contributed by atoms with E-state index < -0.39 is 5.54 Å². The van der Waals surface area contributed by atoms with Crippen LogP contribution in [0.25, 0.3) is 0 Å². The first kappa shape index (κ1) is 25.7. The van der Waals surface area contributed by atoms with Gasteiger partial charge in [0.05, 0.1) is 42.7 Å². The molecule has 9 heteroatoms. The lowest BCUT2D eigenvalue weighted by Crippen LogP contribution is -2.54. The van der Waals surface area contributed by atoms with E-state index in [0.29, 0.717) is 12.6 Å². The third-order valence-electron chi connectivity index (χ3n) is 9.27. The van der Waals surface area contributed by atoms with Gasteiger partial charge in [0.1, 0.15) is 11.6 Å². The predicted octanol–water partition coefficient (Wildman–Crippen LogP) is 4.55. The lowest BCUT2D eigenvalue weighted by molar-refractivity contribution is -0.0893. The Morgan fingerprint density at radius 2 is 1.77 bits per heavy atom. The Bertz CT molecular complexity index is 1430. The number of aryl methyl sites for hydroxylation is 1. The molecule has 40 heavy (non-hydrogen) atoms. The first-order valence-electron chi connectivity index (χ1n) is 14.4. The number of aromatic nitrogens is 3. The molecule has 2 aromatic heterocycles. The molecule has 3 N–H and O–H groups in total. The molecule has 2 fully saturated rings. The molecular weight excluding hydrogens is 502 g/mol. The van der Waals surface area contributed by atoms with E-state index in [9.17, 15) is 0 Å². The van der Waals surface area contributed by atoms with E-state index in [0.717, 1.165) is 74.1 Å². The van der Waals surface area contributed by atoms with Crippen molar-refractivity contribution < 1.29 is 9.47 Å². The maximum absolute atomic E-state index is 6.67. The topological polar surface area (TPSA) is 102 Å². The normalized spacial score (nSPS) is 28.7. The summed E-state index contributed by atoms with van der Waals surface area (Å²) in [7, 11) is 0. The van der Waals surface area contributed by atoms with Crippen LogP contribution in [0, 0.1) is 0 Å². The maximum Gasteiger partial charge on any atom is 0.229 e. The zero-order chi connectivity index (χ0) is 27.7. The predicted molar refractivity (Wildman–Crippen MR) is 157 cm³/mol. The Hall–Kier alpha value is -3.27. The molecule has 0 unspecified atom stereocenters. The summed E-state index contributed by atoms with van der Waals surface area (Å²) in [6.07, 6.45) is 4.71. The molecule has 3 atom stereocenters. The van der Waals surface area contributed by atoms with Crippen LogP contribution < -0.4 is 20.9 Å². The van der Waals surface area contributed by atoms with Gasteiger partial charge in [0.25, 0.3) is 0 Å². The van der Waals surface area contributed by atoms with Gasteiger partial charge in [-0.2, -0.15) is 4.98 Å². The van der Waals surface area contributed by atoms with Crippen LogP contribution in [-0.2, 0) is 26.8 Å². The van der Waals surface area contributed by atoms with Crippen molar-refractivity contribution in [3.05, 3.63) is 59.4 Å². The Kier molecular flexibility index (Phi) is 5.86. The van der Waals surface area contributed by atoms with Crippen LogP contribution in [0.4, 0.5) is 29.0 Å². The Balaban J connectivity index is 1.25. The number of nitrogens with zero attached hydrogens (tertiary/aromatic N) is 5. The number of rotatable bonds is 4. The summed E-state index contributed by atoms with van der Waals surface area (Å²) in [5, 5.41) is 3.44. The number of morpholine rings is 1. The number of benzene rings is 1. The highest BCUT2D eigenvalue weighted by atomic mass is 16.5. The van der Waals surface area contributed by atoms with Crippen molar-refractivity contribution in [3.8, 4) is 0 Å². The standard InChI is InChI=1S/C31H39N7O2/c1-29(2)17-24-30(3,19-40-29)23-18-33-28(34-21-6-8-22(9-7-21)37-13-15-39-16-14-37)36-27(23)38(24)25-10-5-20-11-12-31(4,32)26(20)35-25/h5-10,18,24H,11-17,19,32H2,1-4H3,(H,33,34,36)/t24-,30-,31+/m0/s1. The maximum atomic E-state index is 6.67. The number of nitrogens with two attached hydrogens (primary N) is 1. The molecule has 0 amide bonds. The lowest BCUT2D eigenvalue weighted by Gasteiger charge is -2.46. The van der Waals surface area contributed by atoms with Crippen molar-refractivity contribution in [1.29, 1.82) is 0 Å². The highest BCUT2D eigenvalue weighted by molar-refractivity contribution is 5.71. The van der Waals surface area contributed by atoms with E-state index in [1.165, 1.54) is 11.3 Å². The van der Waals surface area contributed by atoms with Crippen LogP contribution in [0.5, 0.6) is 0 Å². The summed E-state index contributed by atoms with van der Waals surface area (Å²) in [4.78, 5) is 19.7. The zero-order valence-corrected chi connectivity index (χ0v) is 23.9. The van der Waals surface area contributed by atoms with Gasteiger partial charge < -0.3 is 30.3 Å². The summed E-state index contributed by atoms with van der Waals surface area (Å²) in [6.45, 7) is 12.7. The van der Waals surface area contributed by atoms with E-state index in [2.05, 4.69) is 79.2 Å². The van der Waals surface area contributed by atoms with Crippen LogP contribution in [0.15, 0.2) is 42.6 Å². The highest BCUT2D eigenvalue weighted by Gasteiger charge is 2.55. The smallest absolute Gasteiger partial charge is 0.229 e. The average Bonchev–Trinajstić information content (AvgIpc) is 3.38. The first-order chi connectivity index (χ1) is 19.1. The molecule has 5 heterocycles. The minimum atomic E-state index is -0.419. The second-order valence-electron chi connectivity index (χ2n) is 12.9. The molecule has 0 bridgehead atoms. The van der Waals surface area contributed by atoms with E-state index in [1.54, 1.807) is 0 Å². The largest absolute Gasteiger partial charge is 0.378 e. The van der Waals surface area contributed by atoms with Gasteiger partial charge in [0.15, 0.2) is 0 Å². The average molecular weight is 542 g/mol. The molecule has 3 aliphatic heterocycles. The fourth-order valence-corrected chi connectivity index (χ4v) is 6.79. The van der Waals surface area contributed by atoms with E-state index in [-0.39, 0.29) is 17.1 Å². The van der Waals surface area contributed by atoms with Gasteiger partial charge >= 0.3 is 0 Å². The fraction of sp³-hybridized carbons (Fsp3) is 0.516. The first-order valence-corrected chi connectivity index (χ1v) is 14.4.